The van der Waals surface area contributed by atoms with Crippen LogP contribution < -0.4 is 4.74 Å². The Balaban J connectivity index is 1.77. The molecule has 0 aliphatic rings. The summed E-state index contributed by atoms with van der Waals surface area (Å²) < 4.78 is 7.33. The Morgan fingerprint density at radius 3 is 2.59 bits per heavy atom. The summed E-state index contributed by atoms with van der Waals surface area (Å²) in [6, 6.07) is 13.3. The highest BCUT2D eigenvalue weighted by atomic mass is 35.5. The number of phenolic OH excluding ortho intramolecular Hbond substituents is 1. The molecule has 0 atom stereocenters. The highest BCUT2D eigenvalue weighted by Crippen LogP contribution is 2.37. The van der Waals surface area contributed by atoms with Crippen LogP contribution in [-0.2, 0) is 6.42 Å². The van der Waals surface area contributed by atoms with Gasteiger partial charge < -0.3 is 9.84 Å². The van der Waals surface area contributed by atoms with Gasteiger partial charge in [0.15, 0.2) is 0 Å². The molecule has 5 nitrogen and oxygen atoms in total. The number of aromatic nitrogens is 3. The van der Waals surface area contributed by atoms with Gasteiger partial charge in [-0.15, -0.1) is 0 Å². The SMILES string of the molecule is COc1nc2c(Cl)ccc(O)c2c(C)c1Cc1ccc(-n2cccn2)cc1. The molecule has 0 saturated carbocycles. The molecule has 2 aromatic heterocycles. The second kappa shape index (κ2) is 6.93. The zero-order chi connectivity index (χ0) is 19.0. The van der Waals surface area contributed by atoms with Crippen LogP contribution in [0.25, 0.3) is 16.6 Å². The topological polar surface area (TPSA) is 60.2 Å². The summed E-state index contributed by atoms with van der Waals surface area (Å²) in [5, 5.41) is 15.7. The Morgan fingerprint density at radius 1 is 1.15 bits per heavy atom. The first kappa shape index (κ1) is 17.4. The van der Waals surface area contributed by atoms with Crippen molar-refractivity contribution in [1.82, 2.24) is 14.8 Å². The van der Waals surface area contributed by atoms with Crippen molar-refractivity contribution < 1.29 is 9.84 Å². The number of ether oxygens (including phenoxy) is 1. The number of methoxy groups -OCH3 is 1. The number of nitrogens with zero attached hydrogens (tertiary/aromatic N) is 3. The number of rotatable bonds is 4. The number of hydrogen-bond donors (Lipinski definition) is 1. The summed E-state index contributed by atoms with van der Waals surface area (Å²) in [6.45, 7) is 1.95. The van der Waals surface area contributed by atoms with Crippen LogP contribution in [0.15, 0.2) is 54.9 Å². The minimum Gasteiger partial charge on any atom is -0.507 e. The van der Waals surface area contributed by atoms with E-state index in [2.05, 4.69) is 22.2 Å². The van der Waals surface area contributed by atoms with Crippen molar-refractivity contribution in [3.05, 3.63) is 76.6 Å². The predicted octanol–water partition coefficient (Wildman–Crippen LogP) is 4.69. The summed E-state index contributed by atoms with van der Waals surface area (Å²) in [5.41, 5.74) is 4.48. The maximum atomic E-state index is 10.3. The van der Waals surface area contributed by atoms with Crippen LogP contribution in [0.1, 0.15) is 16.7 Å². The molecule has 136 valence electrons. The summed E-state index contributed by atoms with van der Waals surface area (Å²) in [4.78, 5) is 4.54. The zero-order valence-corrected chi connectivity index (χ0v) is 15.7. The minimum absolute atomic E-state index is 0.164. The number of benzene rings is 2. The normalized spacial score (nSPS) is 11.1. The van der Waals surface area contributed by atoms with Gasteiger partial charge in [0, 0.05) is 29.8 Å². The Bertz CT molecular complexity index is 1110. The fourth-order valence-electron chi connectivity index (χ4n) is 3.28. The van der Waals surface area contributed by atoms with Gasteiger partial charge in [-0.05, 0) is 48.4 Å². The Hall–Kier alpha value is -3.05. The first-order valence-electron chi connectivity index (χ1n) is 8.52. The molecule has 27 heavy (non-hydrogen) atoms. The fourth-order valence-corrected chi connectivity index (χ4v) is 3.48. The fraction of sp³-hybridized carbons (Fsp3) is 0.143. The van der Waals surface area contributed by atoms with E-state index in [4.69, 9.17) is 16.3 Å². The molecule has 0 fully saturated rings. The average molecular weight is 380 g/mol. The molecule has 0 saturated heterocycles. The third-order valence-electron chi connectivity index (χ3n) is 4.69. The Morgan fingerprint density at radius 2 is 1.93 bits per heavy atom. The molecule has 2 aromatic carbocycles. The first-order chi connectivity index (χ1) is 13.1. The van der Waals surface area contributed by atoms with Crippen molar-refractivity contribution in [2.75, 3.05) is 7.11 Å². The molecule has 0 amide bonds. The van der Waals surface area contributed by atoms with Gasteiger partial charge in [0.2, 0.25) is 5.88 Å². The molecule has 0 spiro atoms. The van der Waals surface area contributed by atoms with Gasteiger partial charge in [0.25, 0.3) is 0 Å². The smallest absolute Gasteiger partial charge is 0.217 e. The summed E-state index contributed by atoms with van der Waals surface area (Å²) in [7, 11) is 1.59. The summed E-state index contributed by atoms with van der Waals surface area (Å²) >= 11 is 6.27. The van der Waals surface area contributed by atoms with E-state index in [9.17, 15) is 5.11 Å². The monoisotopic (exact) mass is 379 g/mol. The van der Waals surface area contributed by atoms with E-state index in [1.165, 1.54) is 0 Å². The molecular weight excluding hydrogens is 362 g/mol. The maximum absolute atomic E-state index is 10.3. The molecular formula is C21H18ClN3O2. The standard InChI is InChI=1S/C21H18ClN3O2/c1-13-16(12-14-4-6-15(7-5-14)25-11-3-10-23-25)21(27-2)24-20-17(22)8-9-18(26)19(13)20/h3-11,26H,12H2,1-2H3. The van der Waals surface area contributed by atoms with E-state index in [1.807, 2.05) is 36.0 Å². The Labute approximate surface area is 161 Å². The zero-order valence-electron chi connectivity index (χ0n) is 15.0. The second-order valence-electron chi connectivity index (χ2n) is 6.31. The van der Waals surface area contributed by atoms with Gasteiger partial charge in [-0.3, -0.25) is 0 Å². The van der Waals surface area contributed by atoms with Gasteiger partial charge in [-0.1, -0.05) is 23.7 Å². The number of phenols is 1. The second-order valence-corrected chi connectivity index (χ2v) is 6.72. The van der Waals surface area contributed by atoms with Crippen LogP contribution in [0.5, 0.6) is 11.6 Å². The van der Waals surface area contributed by atoms with Crippen molar-refractivity contribution in [2.45, 2.75) is 13.3 Å². The molecule has 6 heteroatoms. The number of aromatic hydroxyl groups is 1. The molecule has 2 heterocycles. The number of fused-ring (bicyclic) bond motifs is 1. The van der Waals surface area contributed by atoms with Crippen LogP contribution in [0, 0.1) is 6.92 Å². The lowest BCUT2D eigenvalue weighted by molar-refractivity contribution is 0.394. The van der Waals surface area contributed by atoms with Crippen molar-refractivity contribution >= 4 is 22.5 Å². The highest BCUT2D eigenvalue weighted by Gasteiger charge is 2.17. The van der Waals surface area contributed by atoms with E-state index < -0.39 is 0 Å². The first-order valence-corrected chi connectivity index (χ1v) is 8.90. The van der Waals surface area contributed by atoms with Gasteiger partial charge in [-0.2, -0.15) is 5.10 Å². The van der Waals surface area contributed by atoms with Crippen molar-refractivity contribution in [3.63, 3.8) is 0 Å². The molecule has 0 unspecified atom stereocenters. The lowest BCUT2D eigenvalue weighted by atomic mass is 9.97. The lowest BCUT2D eigenvalue weighted by Gasteiger charge is -2.15. The molecule has 4 aromatic rings. The van der Waals surface area contributed by atoms with E-state index >= 15 is 0 Å². The predicted molar refractivity (Wildman–Crippen MR) is 106 cm³/mol. The van der Waals surface area contributed by atoms with Crippen LogP contribution in [0.2, 0.25) is 5.02 Å². The summed E-state index contributed by atoms with van der Waals surface area (Å²) in [6.07, 6.45) is 4.28. The lowest BCUT2D eigenvalue weighted by Crippen LogP contribution is -2.02. The quantitative estimate of drug-likeness (QED) is 0.559. The molecule has 0 aliphatic carbocycles. The number of aryl methyl sites for hydroxylation is 1. The molecule has 0 bridgehead atoms. The van der Waals surface area contributed by atoms with E-state index in [-0.39, 0.29) is 5.75 Å². The van der Waals surface area contributed by atoms with Crippen LogP contribution in [0.4, 0.5) is 0 Å². The van der Waals surface area contributed by atoms with Gasteiger partial charge in [-0.25, -0.2) is 9.67 Å². The third-order valence-corrected chi connectivity index (χ3v) is 4.99. The number of hydrogen-bond acceptors (Lipinski definition) is 4. The maximum Gasteiger partial charge on any atom is 0.217 e. The minimum atomic E-state index is 0.164. The van der Waals surface area contributed by atoms with Crippen molar-refractivity contribution in [3.8, 4) is 17.3 Å². The van der Waals surface area contributed by atoms with Crippen LogP contribution in [0.3, 0.4) is 0 Å². The number of halogens is 1. The van der Waals surface area contributed by atoms with Crippen molar-refractivity contribution in [2.24, 2.45) is 0 Å². The van der Waals surface area contributed by atoms with Crippen molar-refractivity contribution in [1.29, 1.82) is 0 Å². The third kappa shape index (κ3) is 3.11. The van der Waals surface area contributed by atoms with Gasteiger partial charge in [0.1, 0.15) is 5.75 Å². The van der Waals surface area contributed by atoms with E-state index in [0.29, 0.717) is 28.2 Å². The molecule has 1 N–H and O–H groups in total. The number of pyridine rings is 1. The summed E-state index contributed by atoms with van der Waals surface area (Å²) in [5.74, 6) is 0.681. The molecule has 0 aliphatic heterocycles. The van der Waals surface area contributed by atoms with Crippen LogP contribution >= 0.6 is 11.6 Å². The van der Waals surface area contributed by atoms with Gasteiger partial charge >= 0.3 is 0 Å². The highest BCUT2D eigenvalue weighted by molar-refractivity contribution is 6.35. The molecule has 0 radical (unpaired) electrons. The molecule has 4 rings (SSSR count). The van der Waals surface area contributed by atoms with E-state index in [1.54, 1.807) is 25.4 Å². The van der Waals surface area contributed by atoms with Gasteiger partial charge in [0.05, 0.1) is 23.3 Å². The Kier molecular flexibility index (Phi) is 4.46. The van der Waals surface area contributed by atoms with E-state index in [0.717, 1.165) is 22.4 Å². The van der Waals surface area contributed by atoms with Crippen LogP contribution in [-0.4, -0.2) is 27.0 Å². The largest absolute Gasteiger partial charge is 0.507 e. The average Bonchev–Trinajstić information content (AvgIpc) is 3.21.